The van der Waals surface area contributed by atoms with Gasteiger partial charge < -0.3 is 4.90 Å². The summed E-state index contributed by atoms with van der Waals surface area (Å²) in [6, 6.07) is 27.3. The Morgan fingerprint density at radius 1 is 0.875 bits per heavy atom. The van der Waals surface area contributed by atoms with Crippen LogP contribution in [0.4, 0.5) is 0 Å². The van der Waals surface area contributed by atoms with Gasteiger partial charge in [0.25, 0.3) is 5.56 Å². The van der Waals surface area contributed by atoms with Gasteiger partial charge in [0.1, 0.15) is 0 Å². The van der Waals surface area contributed by atoms with Crippen molar-refractivity contribution in [2.45, 2.75) is 32.9 Å². The maximum absolute atomic E-state index is 13.0. The van der Waals surface area contributed by atoms with Crippen molar-refractivity contribution in [2.75, 3.05) is 6.54 Å². The van der Waals surface area contributed by atoms with E-state index < -0.39 is 0 Å². The summed E-state index contributed by atoms with van der Waals surface area (Å²) in [4.78, 5) is 19.8. The highest BCUT2D eigenvalue weighted by molar-refractivity contribution is 5.83. The summed E-state index contributed by atoms with van der Waals surface area (Å²) in [5, 5.41) is 2.51. The molecule has 2 heterocycles. The molecule has 1 unspecified atom stereocenters. The zero-order valence-electron chi connectivity index (χ0n) is 18.5. The van der Waals surface area contributed by atoms with Gasteiger partial charge in [-0.15, -0.1) is 0 Å². The lowest BCUT2D eigenvalue weighted by atomic mass is 10.0. The summed E-state index contributed by atoms with van der Waals surface area (Å²) in [5.41, 5.74) is 5.37. The zero-order chi connectivity index (χ0) is 22.1. The maximum Gasteiger partial charge on any atom is 0.255 e. The van der Waals surface area contributed by atoms with Crippen LogP contribution in [0.5, 0.6) is 0 Å². The van der Waals surface area contributed by atoms with Gasteiger partial charge in [-0.05, 0) is 72.0 Å². The number of hydrogen-bond donors (Lipinski definition) is 0. The molecule has 4 aromatic rings. The van der Waals surface area contributed by atoms with Crippen LogP contribution in [0.1, 0.15) is 22.4 Å². The minimum Gasteiger partial charge on any atom is -0.353 e. The first-order valence-corrected chi connectivity index (χ1v) is 11.1. The smallest absolute Gasteiger partial charge is 0.255 e. The molecule has 0 N–H and O–H groups in total. The Morgan fingerprint density at radius 3 is 2.53 bits per heavy atom. The molecule has 0 radical (unpaired) electrons. The maximum atomic E-state index is 13.0. The molecule has 0 saturated heterocycles. The first-order valence-electron chi connectivity index (χ1n) is 11.1. The molecule has 0 spiro atoms. The molecule has 0 saturated carbocycles. The molecule has 1 atom stereocenters. The van der Waals surface area contributed by atoms with E-state index in [0.717, 1.165) is 42.0 Å². The van der Waals surface area contributed by atoms with Crippen LogP contribution in [0.3, 0.4) is 0 Å². The largest absolute Gasteiger partial charge is 0.353 e. The second-order valence-corrected chi connectivity index (χ2v) is 8.71. The normalized spacial score (nSPS) is 15.6. The third-order valence-electron chi connectivity index (χ3n) is 6.20. The summed E-state index contributed by atoms with van der Waals surface area (Å²) in [6.45, 7) is 5.62. The lowest BCUT2D eigenvalue weighted by Crippen LogP contribution is -2.33. The lowest BCUT2D eigenvalue weighted by molar-refractivity contribution is 0.341. The van der Waals surface area contributed by atoms with Crippen LogP contribution in [-0.4, -0.2) is 28.4 Å². The molecule has 0 bridgehead atoms. The van der Waals surface area contributed by atoms with E-state index in [1.807, 2.05) is 44.5 Å². The van der Waals surface area contributed by atoms with Crippen molar-refractivity contribution in [3.63, 3.8) is 0 Å². The summed E-state index contributed by atoms with van der Waals surface area (Å²) < 4.78 is 1.79. The fourth-order valence-corrected chi connectivity index (χ4v) is 4.63. The molecule has 32 heavy (non-hydrogen) atoms. The Kier molecular flexibility index (Phi) is 5.36. The molecule has 3 aromatic carbocycles. The van der Waals surface area contributed by atoms with Gasteiger partial charge in [0.2, 0.25) is 0 Å². The molecule has 0 aliphatic carbocycles. The zero-order valence-corrected chi connectivity index (χ0v) is 18.5. The van der Waals surface area contributed by atoms with E-state index in [2.05, 4.69) is 58.4 Å². The van der Waals surface area contributed by atoms with Crippen LogP contribution in [0.15, 0.2) is 88.6 Å². The van der Waals surface area contributed by atoms with Gasteiger partial charge in [0, 0.05) is 24.0 Å². The van der Waals surface area contributed by atoms with Crippen LogP contribution in [0, 0.1) is 13.8 Å². The van der Waals surface area contributed by atoms with Gasteiger partial charge >= 0.3 is 0 Å². The van der Waals surface area contributed by atoms with Gasteiger partial charge in [0.15, 0.2) is 0 Å². The number of fused-ring (bicyclic) bond motifs is 1. The molecule has 0 fully saturated rings. The van der Waals surface area contributed by atoms with Gasteiger partial charge in [-0.1, -0.05) is 48.5 Å². The Labute approximate surface area is 188 Å². The van der Waals surface area contributed by atoms with Gasteiger partial charge in [-0.2, -0.15) is 0 Å². The van der Waals surface area contributed by atoms with Crippen molar-refractivity contribution in [1.29, 1.82) is 0 Å². The second-order valence-electron chi connectivity index (χ2n) is 8.71. The third kappa shape index (κ3) is 4.09. The van der Waals surface area contributed by atoms with Crippen LogP contribution >= 0.6 is 0 Å². The molecule has 1 aromatic heterocycles. The molecular formula is C28H27N3O. The number of aliphatic imine (C=N–C) groups is 1. The fraction of sp³-hybridized carbons (Fsp3) is 0.214. The van der Waals surface area contributed by atoms with Crippen molar-refractivity contribution >= 4 is 17.1 Å². The van der Waals surface area contributed by atoms with Crippen LogP contribution in [0.25, 0.3) is 16.5 Å². The molecule has 5 rings (SSSR count). The van der Waals surface area contributed by atoms with Crippen molar-refractivity contribution in [1.82, 2.24) is 9.47 Å². The molecule has 1 aliphatic heterocycles. The molecule has 0 amide bonds. The van der Waals surface area contributed by atoms with Crippen molar-refractivity contribution < 1.29 is 0 Å². The minimum atomic E-state index is 0.0191. The summed E-state index contributed by atoms with van der Waals surface area (Å²) in [6.07, 6.45) is 2.76. The fourth-order valence-electron chi connectivity index (χ4n) is 4.63. The number of aromatic nitrogens is 1. The molecule has 1 aliphatic rings. The van der Waals surface area contributed by atoms with Gasteiger partial charge in [-0.25, -0.2) is 0 Å². The number of pyridine rings is 1. The first-order chi connectivity index (χ1) is 15.6. The quantitative estimate of drug-likeness (QED) is 0.452. The SMILES string of the molecule is Cc1cccc(-n2c(C)cc(CC3CN=CN3Cc3ccc4ccccc4c3)cc2=O)c1. The van der Waals surface area contributed by atoms with E-state index in [-0.39, 0.29) is 11.6 Å². The summed E-state index contributed by atoms with van der Waals surface area (Å²) >= 11 is 0. The molecule has 4 heteroatoms. The first kappa shape index (κ1) is 20.3. The lowest BCUT2D eigenvalue weighted by Gasteiger charge is -2.25. The van der Waals surface area contributed by atoms with Gasteiger partial charge in [-0.3, -0.25) is 14.4 Å². The predicted octanol–water partition coefficient (Wildman–Crippen LogP) is 5.06. The number of rotatable bonds is 5. The van der Waals surface area contributed by atoms with E-state index in [9.17, 15) is 4.79 Å². The Morgan fingerprint density at radius 2 is 1.72 bits per heavy atom. The van der Waals surface area contributed by atoms with Crippen LogP contribution in [-0.2, 0) is 13.0 Å². The van der Waals surface area contributed by atoms with Crippen LogP contribution < -0.4 is 5.56 Å². The number of benzene rings is 3. The van der Waals surface area contributed by atoms with Crippen molar-refractivity contribution in [3.05, 3.63) is 112 Å². The van der Waals surface area contributed by atoms with Crippen molar-refractivity contribution in [2.24, 2.45) is 4.99 Å². The molecular weight excluding hydrogens is 394 g/mol. The highest BCUT2D eigenvalue weighted by Crippen LogP contribution is 2.20. The monoisotopic (exact) mass is 421 g/mol. The summed E-state index contributed by atoms with van der Waals surface area (Å²) in [7, 11) is 0. The minimum absolute atomic E-state index is 0.0191. The van der Waals surface area contributed by atoms with E-state index >= 15 is 0 Å². The molecule has 160 valence electrons. The number of hydrogen-bond acceptors (Lipinski definition) is 3. The Bertz CT molecular complexity index is 1370. The van der Waals surface area contributed by atoms with E-state index in [1.165, 1.54) is 16.3 Å². The van der Waals surface area contributed by atoms with E-state index in [1.54, 1.807) is 10.6 Å². The summed E-state index contributed by atoms with van der Waals surface area (Å²) in [5.74, 6) is 0. The number of aryl methyl sites for hydroxylation is 2. The highest BCUT2D eigenvalue weighted by atomic mass is 16.1. The topological polar surface area (TPSA) is 37.6 Å². The third-order valence-corrected chi connectivity index (χ3v) is 6.20. The van der Waals surface area contributed by atoms with Crippen LogP contribution in [0.2, 0.25) is 0 Å². The highest BCUT2D eigenvalue weighted by Gasteiger charge is 2.22. The molecule has 4 nitrogen and oxygen atoms in total. The Balaban J connectivity index is 1.35. The van der Waals surface area contributed by atoms with E-state index in [0.29, 0.717) is 0 Å². The standard InChI is InChI=1S/C28H27N3O/c1-20-6-5-9-26(12-20)31-21(2)13-23(16-28(31)32)15-27-17-29-19-30(27)18-22-10-11-24-7-3-4-8-25(24)14-22/h3-14,16,19,27H,15,17-18H2,1-2H3. The van der Waals surface area contributed by atoms with Gasteiger partial charge in [0.05, 0.1) is 18.9 Å². The average molecular weight is 422 g/mol. The van der Waals surface area contributed by atoms with E-state index in [4.69, 9.17) is 0 Å². The number of nitrogens with zero attached hydrogens (tertiary/aromatic N) is 3. The Hall–Kier alpha value is -3.66. The van der Waals surface area contributed by atoms with Crippen molar-refractivity contribution in [3.8, 4) is 5.69 Å². The average Bonchev–Trinajstić information content (AvgIpc) is 3.19. The predicted molar refractivity (Wildman–Crippen MR) is 132 cm³/mol. The second kappa shape index (κ2) is 8.46.